The van der Waals surface area contributed by atoms with Gasteiger partial charge >= 0.3 is 0 Å². The number of nitrogens with one attached hydrogen (secondary N) is 2. The van der Waals surface area contributed by atoms with Crippen molar-refractivity contribution < 1.29 is 9.90 Å². The van der Waals surface area contributed by atoms with Gasteiger partial charge in [0.15, 0.2) is 0 Å². The highest BCUT2D eigenvalue weighted by Gasteiger charge is 2.12. The first-order valence-corrected chi connectivity index (χ1v) is 5.05. The van der Waals surface area contributed by atoms with Crippen LogP contribution in [0.25, 0.3) is 0 Å². The lowest BCUT2D eigenvalue weighted by molar-refractivity contribution is -0.125. The summed E-state index contributed by atoms with van der Waals surface area (Å²) in [4.78, 5) is 24.2. The van der Waals surface area contributed by atoms with Crippen LogP contribution >= 0.6 is 0 Å². The Kier molecular flexibility index (Phi) is 4.57. The average Bonchev–Trinajstić information content (AvgIpc) is 2.35. The third-order valence-electron chi connectivity index (χ3n) is 1.93. The highest BCUT2D eigenvalue weighted by Crippen LogP contribution is 2.10. The third kappa shape index (κ3) is 3.68. The summed E-state index contributed by atoms with van der Waals surface area (Å²) in [7, 11) is 3.50. The number of hydrogen-bond donors (Lipinski definition) is 5. The van der Waals surface area contributed by atoms with Gasteiger partial charge in [-0.1, -0.05) is 0 Å². The molecular weight excluding hydrogens is 240 g/mol. The second-order valence-electron chi connectivity index (χ2n) is 3.62. The van der Waals surface area contributed by atoms with Gasteiger partial charge in [-0.2, -0.15) is 15.0 Å². The molecule has 1 amide bonds. The summed E-state index contributed by atoms with van der Waals surface area (Å²) in [5.41, 5.74) is 7.20. The van der Waals surface area contributed by atoms with Crippen molar-refractivity contribution in [2.45, 2.75) is 6.10 Å². The Morgan fingerprint density at radius 3 is 2.50 bits per heavy atom. The number of carbonyl (C=O) groups excluding carboxylic acids is 1. The predicted octanol–water partition coefficient (Wildman–Crippen LogP) is -2.52. The summed E-state index contributed by atoms with van der Waals surface area (Å²) in [6.45, 7) is -0.101. The molecule has 0 spiro atoms. The van der Waals surface area contributed by atoms with E-state index in [1.165, 1.54) is 0 Å². The van der Waals surface area contributed by atoms with Crippen LogP contribution in [0, 0.1) is 0 Å². The summed E-state index contributed by atoms with van der Waals surface area (Å²) >= 11 is 0. The van der Waals surface area contributed by atoms with Crippen molar-refractivity contribution in [1.82, 2.24) is 15.0 Å². The molecule has 1 rings (SSSR count). The number of hydrazine groups is 1. The van der Waals surface area contributed by atoms with Gasteiger partial charge in [-0.3, -0.25) is 10.2 Å². The SMILES string of the molecule is CN(C)c1nc(NN)nc(NCC(O)C(N)=O)n1. The fraction of sp³-hybridized carbons (Fsp3) is 0.500. The molecule has 18 heavy (non-hydrogen) atoms. The summed E-state index contributed by atoms with van der Waals surface area (Å²) in [6, 6.07) is 0. The molecule has 0 aromatic carbocycles. The Hall–Kier alpha value is -2.20. The number of hydrogen-bond acceptors (Lipinski definition) is 9. The summed E-state index contributed by atoms with van der Waals surface area (Å²) < 4.78 is 0. The normalized spacial score (nSPS) is 11.8. The molecule has 0 aliphatic heterocycles. The van der Waals surface area contributed by atoms with Crippen LogP contribution in [0.4, 0.5) is 17.8 Å². The van der Waals surface area contributed by atoms with Gasteiger partial charge in [0.1, 0.15) is 6.10 Å². The maximum Gasteiger partial charge on any atom is 0.248 e. The minimum atomic E-state index is -1.32. The van der Waals surface area contributed by atoms with Crippen LogP contribution in [0.2, 0.25) is 0 Å². The van der Waals surface area contributed by atoms with Crippen LogP contribution in [0.5, 0.6) is 0 Å². The van der Waals surface area contributed by atoms with Gasteiger partial charge in [0.2, 0.25) is 23.8 Å². The molecule has 10 nitrogen and oxygen atoms in total. The van der Waals surface area contributed by atoms with Crippen molar-refractivity contribution in [2.75, 3.05) is 36.3 Å². The number of rotatable bonds is 6. The number of aromatic nitrogens is 3. The van der Waals surface area contributed by atoms with E-state index >= 15 is 0 Å². The molecule has 0 saturated heterocycles. The first-order valence-electron chi connectivity index (χ1n) is 5.05. The van der Waals surface area contributed by atoms with Crippen LogP contribution < -0.4 is 27.2 Å². The summed E-state index contributed by atoms with van der Waals surface area (Å²) in [6.07, 6.45) is -1.32. The lowest BCUT2D eigenvalue weighted by atomic mass is 10.3. The molecular formula is C8H16N8O2. The Bertz CT molecular complexity index is 424. The number of anilines is 3. The topological polar surface area (TPSA) is 155 Å². The van der Waals surface area contributed by atoms with Crippen molar-refractivity contribution >= 4 is 23.8 Å². The van der Waals surface area contributed by atoms with E-state index in [1.807, 2.05) is 0 Å². The summed E-state index contributed by atoms with van der Waals surface area (Å²) in [5.74, 6) is 5.08. The van der Waals surface area contributed by atoms with Gasteiger partial charge in [-0.25, -0.2) is 5.84 Å². The molecule has 0 fully saturated rings. The van der Waals surface area contributed by atoms with E-state index in [4.69, 9.17) is 11.6 Å². The van der Waals surface area contributed by atoms with E-state index in [1.54, 1.807) is 19.0 Å². The number of nitrogens with two attached hydrogens (primary N) is 2. The molecule has 1 heterocycles. The highest BCUT2D eigenvalue weighted by atomic mass is 16.3. The predicted molar refractivity (Wildman–Crippen MR) is 65.7 cm³/mol. The van der Waals surface area contributed by atoms with Crippen molar-refractivity contribution in [3.8, 4) is 0 Å². The number of aliphatic hydroxyl groups excluding tert-OH is 1. The number of nitrogen functional groups attached to an aromatic ring is 1. The van der Waals surface area contributed by atoms with Crippen LogP contribution in [-0.4, -0.2) is 52.7 Å². The molecule has 0 bridgehead atoms. The van der Waals surface area contributed by atoms with Gasteiger partial charge in [-0.15, -0.1) is 0 Å². The minimum Gasteiger partial charge on any atom is -0.381 e. The zero-order valence-corrected chi connectivity index (χ0v) is 10.1. The van der Waals surface area contributed by atoms with Crippen LogP contribution in [0.3, 0.4) is 0 Å². The van der Waals surface area contributed by atoms with E-state index in [2.05, 4.69) is 25.7 Å². The Morgan fingerprint density at radius 2 is 2.00 bits per heavy atom. The first-order chi connectivity index (χ1) is 8.43. The van der Waals surface area contributed by atoms with Crippen molar-refractivity contribution in [2.24, 2.45) is 11.6 Å². The average molecular weight is 256 g/mol. The van der Waals surface area contributed by atoms with E-state index in [-0.39, 0.29) is 18.4 Å². The number of primary amides is 1. The van der Waals surface area contributed by atoms with Crippen LogP contribution in [0.15, 0.2) is 0 Å². The molecule has 0 aliphatic rings. The molecule has 1 unspecified atom stereocenters. The Labute approximate surface area is 103 Å². The molecule has 1 aromatic heterocycles. The largest absolute Gasteiger partial charge is 0.381 e. The summed E-state index contributed by atoms with van der Waals surface area (Å²) in [5, 5.41) is 11.9. The lowest BCUT2D eigenvalue weighted by Crippen LogP contribution is -2.34. The number of nitrogens with zero attached hydrogens (tertiary/aromatic N) is 4. The fourth-order valence-corrected chi connectivity index (χ4v) is 0.997. The number of amides is 1. The molecule has 0 radical (unpaired) electrons. The molecule has 10 heteroatoms. The first kappa shape index (κ1) is 13.9. The second-order valence-corrected chi connectivity index (χ2v) is 3.62. The van der Waals surface area contributed by atoms with E-state index < -0.39 is 12.0 Å². The third-order valence-corrected chi connectivity index (χ3v) is 1.93. The maximum absolute atomic E-state index is 10.7. The van der Waals surface area contributed by atoms with Crippen molar-refractivity contribution in [1.29, 1.82) is 0 Å². The fourth-order valence-electron chi connectivity index (χ4n) is 0.997. The van der Waals surface area contributed by atoms with Gasteiger partial charge in [-0.05, 0) is 0 Å². The molecule has 1 aromatic rings. The number of aliphatic hydroxyl groups is 1. The van der Waals surface area contributed by atoms with Gasteiger partial charge in [0.05, 0.1) is 6.54 Å². The zero-order chi connectivity index (χ0) is 13.7. The van der Waals surface area contributed by atoms with Gasteiger partial charge in [0, 0.05) is 14.1 Å². The molecule has 1 atom stereocenters. The van der Waals surface area contributed by atoms with Crippen molar-refractivity contribution in [3.63, 3.8) is 0 Å². The van der Waals surface area contributed by atoms with Crippen LogP contribution in [-0.2, 0) is 4.79 Å². The molecule has 7 N–H and O–H groups in total. The number of carbonyl (C=O) groups is 1. The van der Waals surface area contributed by atoms with Gasteiger partial charge < -0.3 is 21.1 Å². The van der Waals surface area contributed by atoms with Crippen molar-refractivity contribution in [3.05, 3.63) is 0 Å². The zero-order valence-electron chi connectivity index (χ0n) is 10.1. The maximum atomic E-state index is 10.7. The van der Waals surface area contributed by atoms with E-state index in [0.717, 1.165) is 0 Å². The Balaban J connectivity index is 2.81. The lowest BCUT2D eigenvalue weighted by Gasteiger charge is -2.13. The molecule has 0 aliphatic carbocycles. The standard InChI is InChI=1S/C8H16N8O2/c1-16(2)8-13-6(12-7(14-8)15-10)11-3-4(17)5(9)18/h4,17H,3,10H2,1-2H3,(H2,9,18)(H2,11,12,13,14,15). The van der Waals surface area contributed by atoms with E-state index in [9.17, 15) is 9.90 Å². The quantitative estimate of drug-likeness (QED) is 0.274. The van der Waals surface area contributed by atoms with E-state index in [0.29, 0.717) is 5.95 Å². The Morgan fingerprint density at radius 1 is 1.39 bits per heavy atom. The smallest absolute Gasteiger partial charge is 0.248 e. The molecule has 0 saturated carbocycles. The molecule has 100 valence electrons. The second kappa shape index (κ2) is 5.93. The monoisotopic (exact) mass is 256 g/mol. The van der Waals surface area contributed by atoms with Gasteiger partial charge in [0.25, 0.3) is 0 Å². The highest BCUT2D eigenvalue weighted by molar-refractivity contribution is 5.79. The van der Waals surface area contributed by atoms with Crippen LogP contribution in [0.1, 0.15) is 0 Å². The minimum absolute atomic E-state index is 0.101.